The van der Waals surface area contributed by atoms with Crippen molar-refractivity contribution < 1.29 is 13.6 Å². The fourth-order valence-corrected chi connectivity index (χ4v) is 5.14. The lowest BCUT2D eigenvalue weighted by atomic mass is 9.99. The van der Waals surface area contributed by atoms with Crippen LogP contribution in [0.4, 0.5) is 19.3 Å². The van der Waals surface area contributed by atoms with Crippen LogP contribution < -0.4 is 10.0 Å². The quantitative estimate of drug-likeness (QED) is 0.763. The summed E-state index contributed by atoms with van der Waals surface area (Å²) in [5, 5.41) is 3.27. The number of likely N-dealkylation sites (tertiary alicyclic amines) is 1. The van der Waals surface area contributed by atoms with E-state index in [9.17, 15) is 13.6 Å². The van der Waals surface area contributed by atoms with Crippen LogP contribution in [-0.4, -0.2) is 41.7 Å². The van der Waals surface area contributed by atoms with Crippen molar-refractivity contribution in [2.75, 3.05) is 18.4 Å². The molecule has 1 aromatic rings. The summed E-state index contributed by atoms with van der Waals surface area (Å²) in [6.07, 6.45) is 4.28. The molecule has 4 nitrogen and oxygen atoms in total. The van der Waals surface area contributed by atoms with Gasteiger partial charge in [-0.05, 0) is 79.7 Å². The van der Waals surface area contributed by atoms with E-state index in [0.29, 0.717) is 13.1 Å². The van der Waals surface area contributed by atoms with Crippen molar-refractivity contribution in [2.45, 2.75) is 63.2 Å². The van der Waals surface area contributed by atoms with Gasteiger partial charge in [0.2, 0.25) is 0 Å². The minimum Gasteiger partial charge on any atom is -0.307 e. The first-order valence-electron chi connectivity index (χ1n) is 9.44. The molecule has 2 N–H and O–H groups in total. The molecule has 2 aliphatic carbocycles. The van der Waals surface area contributed by atoms with Gasteiger partial charge in [-0.2, -0.15) is 0 Å². The number of nitrogens with zero attached hydrogens (tertiary/aromatic N) is 1. The Morgan fingerprint density at radius 1 is 1.15 bits per heavy atom. The number of carbonyl (C=O) groups excluding carboxylic acids is 1. The number of alkyl halides is 2. The molecule has 0 spiro atoms. The van der Waals surface area contributed by atoms with Gasteiger partial charge in [0.1, 0.15) is 0 Å². The third-order valence-electron chi connectivity index (χ3n) is 5.85. The molecule has 0 aromatic heterocycles. The lowest BCUT2D eigenvalue weighted by Gasteiger charge is -2.42. The number of nitrogens with one attached hydrogen (secondary N) is 2. The summed E-state index contributed by atoms with van der Waals surface area (Å²) in [6, 6.07) is 1.43. The van der Waals surface area contributed by atoms with Gasteiger partial charge < -0.3 is 5.32 Å². The number of hydrogen-bond donors (Lipinski definition) is 2. The molecule has 2 amide bonds. The Hall–Kier alpha value is -1.34. The van der Waals surface area contributed by atoms with Crippen LogP contribution in [-0.2, 0) is 25.7 Å². The van der Waals surface area contributed by atoms with Crippen LogP contribution in [0.25, 0.3) is 0 Å². The summed E-state index contributed by atoms with van der Waals surface area (Å²) < 4.78 is 28.2. The molecule has 1 aromatic carbocycles. The molecule has 0 saturated carbocycles. The molecule has 3 aliphatic rings. The molecular weight excluding hydrogens is 356 g/mol. The van der Waals surface area contributed by atoms with Crippen molar-refractivity contribution in [1.82, 2.24) is 9.62 Å². The topological polar surface area (TPSA) is 44.4 Å². The molecule has 1 unspecified atom stereocenters. The van der Waals surface area contributed by atoms with Gasteiger partial charge in [0.05, 0.1) is 11.3 Å². The van der Waals surface area contributed by atoms with Crippen LogP contribution in [0.5, 0.6) is 0 Å². The molecule has 1 fully saturated rings. The van der Waals surface area contributed by atoms with Gasteiger partial charge in [0.15, 0.2) is 0 Å². The molecule has 7 heteroatoms. The number of aryl methyl sites for hydroxylation is 2. The molecular formula is C19H25F2N3OS. The Morgan fingerprint density at radius 3 is 2.35 bits per heavy atom. The van der Waals surface area contributed by atoms with Crippen molar-refractivity contribution in [2.24, 2.45) is 0 Å². The highest BCUT2D eigenvalue weighted by atomic mass is 32.2. The van der Waals surface area contributed by atoms with Gasteiger partial charge in [-0.25, -0.2) is 13.6 Å². The van der Waals surface area contributed by atoms with E-state index in [4.69, 9.17) is 0 Å². The number of hydrogen-bond acceptors (Lipinski definition) is 3. The first-order chi connectivity index (χ1) is 12.5. The van der Waals surface area contributed by atoms with Crippen molar-refractivity contribution in [3.05, 3.63) is 28.3 Å². The normalized spacial score (nSPS) is 20.6. The number of rotatable bonds is 5. The minimum atomic E-state index is -2.32. The summed E-state index contributed by atoms with van der Waals surface area (Å²) in [4.78, 5) is 14.2. The van der Waals surface area contributed by atoms with Crippen molar-refractivity contribution in [3.63, 3.8) is 0 Å². The minimum absolute atomic E-state index is 0.175. The van der Waals surface area contributed by atoms with Crippen LogP contribution in [0.2, 0.25) is 0 Å². The number of carbonyl (C=O) groups is 1. The largest absolute Gasteiger partial charge is 0.329 e. The summed E-state index contributed by atoms with van der Waals surface area (Å²) >= 11 is 1.34. The van der Waals surface area contributed by atoms with Gasteiger partial charge in [0, 0.05) is 18.8 Å². The Bertz CT molecular complexity index is 674. The van der Waals surface area contributed by atoms with Gasteiger partial charge in [0.25, 0.3) is 6.43 Å². The van der Waals surface area contributed by atoms with Crippen molar-refractivity contribution in [3.8, 4) is 0 Å². The second kappa shape index (κ2) is 7.35. The third-order valence-corrected chi connectivity index (χ3v) is 6.78. The number of amides is 2. The van der Waals surface area contributed by atoms with Crippen LogP contribution >= 0.6 is 11.9 Å². The molecule has 0 radical (unpaired) electrons. The third kappa shape index (κ3) is 3.43. The number of fused-ring (bicyclic) bond motifs is 2. The first kappa shape index (κ1) is 18.0. The number of halogens is 2. The lowest BCUT2D eigenvalue weighted by Crippen LogP contribution is -2.56. The van der Waals surface area contributed by atoms with Crippen LogP contribution in [0.3, 0.4) is 0 Å². The Kier molecular flexibility index (Phi) is 5.10. The van der Waals surface area contributed by atoms with Crippen LogP contribution in [0.1, 0.15) is 42.0 Å². The fourth-order valence-electron chi connectivity index (χ4n) is 4.28. The first-order valence-corrected chi connectivity index (χ1v) is 10.3. The molecule has 1 atom stereocenters. The monoisotopic (exact) mass is 381 g/mol. The molecule has 1 heterocycles. The van der Waals surface area contributed by atoms with Gasteiger partial charge in [-0.1, -0.05) is 6.07 Å². The van der Waals surface area contributed by atoms with E-state index in [1.165, 1.54) is 34.2 Å². The predicted octanol–water partition coefficient (Wildman–Crippen LogP) is 3.77. The molecule has 1 saturated heterocycles. The zero-order valence-corrected chi connectivity index (χ0v) is 15.8. The van der Waals surface area contributed by atoms with Crippen LogP contribution in [0, 0.1) is 0 Å². The zero-order chi connectivity index (χ0) is 18.3. The summed E-state index contributed by atoms with van der Waals surface area (Å²) in [5.41, 5.74) is 6.44. The molecule has 26 heavy (non-hydrogen) atoms. The second-order valence-electron chi connectivity index (χ2n) is 7.56. The highest BCUT2D eigenvalue weighted by Gasteiger charge is 2.35. The smallest absolute Gasteiger partial charge is 0.307 e. The van der Waals surface area contributed by atoms with Gasteiger partial charge in [-0.15, -0.1) is 0 Å². The van der Waals surface area contributed by atoms with E-state index in [-0.39, 0.29) is 11.3 Å². The Morgan fingerprint density at radius 2 is 1.77 bits per heavy atom. The number of benzene rings is 1. The average molecular weight is 381 g/mol. The van der Waals surface area contributed by atoms with E-state index >= 15 is 0 Å². The SMILES string of the molecule is CC(C(F)F)N1CC(SNC(=O)Nc2c3c(cc4c2CCC4)CCC3)C1. The van der Waals surface area contributed by atoms with E-state index < -0.39 is 12.5 Å². The summed E-state index contributed by atoms with van der Waals surface area (Å²) in [5.74, 6) is 0. The lowest BCUT2D eigenvalue weighted by molar-refractivity contribution is 0.00795. The van der Waals surface area contributed by atoms with E-state index in [0.717, 1.165) is 44.2 Å². The maximum Gasteiger partial charge on any atom is 0.329 e. The maximum absolute atomic E-state index is 12.7. The van der Waals surface area contributed by atoms with E-state index in [1.54, 1.807) is 11.8 Å². The molecule has 142 valence electrons. The Labute approximate surface area is 157 Å². The highest BCUT2D eigenvalue weighted by Crippen LogP contribution is 2.38. The highest BCUT2D eigenvalue weighted by molar-refractivity contribution is 7.98. The Balaban J connectivity index is 1.33. The number of anilines is 1. The number of urea groups is 1. The molecule has 1 aliphatic heterocycles. The molecule has 0 bridgehead atoms. The zero-order valence-electron chi connectivity index (χ0n) is 15.0. The van der Waals surface area contributed by atoms with Crippen molar-refractivity contribution >= 4 is 23.7 Å². The van der Waals surface area contributed by atoms with E-state index in [2.05, 4.69) is 16.1 Å². The van der Waals surface area contributed by atoms with Crippen molar-refractivity contribution in [1.29, 1.82) is 0 Å². The fraction of sp³-hybridized carbons (Fsp3) is 0.632. The standard InChI is InChI=1S/C19H25F2N3OS/c1-11(18(20)21)24-9-14(10-24)26-23-19(25)22-17-15-6-2-4-12(15)8-13-5-3-7-16(13)17/h8,11,14,18H,2-7,9-10H2,1H3,(H2,22,23,25). The predicted molar refractivity (Wildman–Crippen MR) is 101 cm³/mol. The summed E-state index contributed by atoms with van der Waals surface area (Å²) in [7, 11) is 0. The van der Waals surface area contributed by atoms with Gasteiger partial charge in [-0.3, -0.25) is 9.62 Å². The van der Waals surface area contributed by atoms with Gasteiger partial charge >= 0.3 is 6.03 Å². The van der Waals surface area contributed by atoms with Crippen LogP contribution in [0.15, 0.2) is 6.07 Å². The second-order valence-corrected chi connectivity index (χ2v) is 8.67. The maximum atomic E-state index is 12.7. The average Bonchev–Trinajstić information content (AvgIpc) is 3.21. The molecule has 4 rings (SSSR count). The summed E-state index contributed by atoms with van der Waals surface area (Å²) in [6.45, 7) is 2.72. The van der Waals surface area contributed by atoms with E-state index in [1.807, 2.05) is 0 Å².